The van der Waals surface area contributed by atoms with Crippen LogP contribution in [0.4, 0.5) is 0 Å². The highest BCUT2D eigenvalue weighted by molar-refractivity contribution is 7.17. The number of hydrogen-bond acceptors (Lipinski definition) is 4. The van der Waals surface area contributed by atoms with E-state index < -0.39 is 42.3 Å². The Hall–Kier alpha value is -7.66. The molecule has 11 aromatic carbocycles. The standard InChI is InChI=1S/C70H64O4Si5/c1-2-3-59-75(60-37-15-4-16-38-60,61-39-17-5-18-40-61)71-77(65-47-25-9-26-48-65,66-49-27-10-28-50-66)73-79(69-55-33-13-34-56-69,70-57-35-14-36-58-70)74-78(67-51-29-11-30-52-67,68-53-31-12-32-54-68)72-76(62-41-19-6-20-42-62,63-43-21-7-22-44-63)64-45-23-8-24-46-64/h4-58H,2-3,59H2,1H3. The first kappa shape index (κ1) is 53.4. The lowest BCUT2D eigenvalue weighted by Gasteiger charge is -2.50. The summed E-state index contributed by atoms with van der Waals surface area (Å²) in [5, 5.41) is 11.5. The second kappa shape index (κ2) is 24.6. The van der Waals surface area contributed by atoms with Crippen molar-refractivity contribution >= 4 is 99.4 Å². The van der Waals surface area contributed by atoms with Gasteiger partial charge in [0.15, 0.2) is 0 Å². The van der Waals surface area contributed by atoms with Gasteiger partial charge in [-0.05, 0) is 63.1 Å². The largest absolute Gasteiger partial charge is 0.422 e. The first-order valence-corrected chi connectivity index (χ1v) is 36.9. The average Bonchev–Trinajstić information content (AvgIpc) is 3.70. The van der Waals surface area contributed by atoms with Crippen molar-refractivity contribution in [3.8, 4) is 0 Å². The minimum Gasteiger partial charge on any atom is -0.422 e. The fourth-order valence-corrected chi connectivity index (χ4v) is 39.2. The van der Waals surface area contributed by atoms with E-state index in [9.17, 15) is 0 Å². The molecule has 0 spiro atoms. The molecule has 79 heavy (non-hydrogen) atoms. The van der Waals surface area contributed by atoms with Gasteiger partial charge in [-0.3, -0.25) is 0 Å². The highest BCUT2D eigenvalue weighted by atomic mass is 28.5. The summed E-state index contributed by atoms with van der Waals surface area (Å²) in [5.41, 5.74) is 0. The van der Waals surface area contributed by atoms with Gasteiger partial charge in [0.1, 0.15) is 0 Å². The van der Waals surface area contributed by atoms with Crippen molar-refractivity contribution < 1.29 is 16.5 Å². The highest BCUT2D eigenvalue weighted by Gasteiger charge is 2.64. The average molecular weight is 1110 g/mol. The molecule has 0 heterocycles. The van der Waals surface area contributed by atoms with E-state index in [1.807, 2.05) is 0 Å². The molecule has 4 nitrogen and oxygen atoms in total. The van der Waals surface area contributed by atoms with Gasteiger partial charge >= 0.3 is 25.7 Å². The third-order valence-corrected chi connectivity index (χ3v) is 38.1. The predicted molar refractivity (Wildman–Crippen MR) is 340 cm³/mol. The van der Waals surface area contributed by atoms with Crippen molar-refractivity contribution in [2.45, 2.75) is 25.8 Å². The molecule has 0 N–H and O–H groups in total. The van der Waals surface area contributed by atoms with Gasteiger partial charge in [-0.2, -0.15) is 0 Å². The van der Waals surface area contributed by atoms with Crippen LogP contribution in [-0.2, 0) is 16.5 Å². The van der Waals surface area contributed by atoms with Crippen LogP contribution in [0.1, 0.15) is 19.8 Å². The second-order valence-electron chi connectivity index (χ2n) is 19.9. The van der Waals surface area contributed by atoms with Crippen molar-refractivity contribution in [3.05, 3.63) is 334 Å². The zero-order valence-electron chi connectivity index (χ0n) is 44.5. The predicted octanol–water partition coefficient (Wildman–Crippen LogP) is 9.05. The lowest BCUT2D eigenvalue weighted by molar-refractivity contribution is 0.329. The van der Waals surface area contributed by atoms with Gasteiger partial charge in [-0.25, -0.2) is 0 Å². The molecule has 0 aromatic heterocycles. The summed E-state index contributed by atoms with van der Waals surface area (Å²) in [6, 6.07) is 120. The van der Waals surface area contributed by atoms with E-state index in [1.54, 1.807) is 0 Å². The first-order valence-electron chi connectivity index (χ1n) is 27.5. The van der Waals surface area contributed by atoms with E-state index >= 15 is 0 Å². The fraction of sp³-hybridized carbons (Fsp3) is 0.0571. The molecule has 11 aromatic rings. The molecule has 0 unspecified atom stereocenters. The Morgan fingerprint density at radius 1 is 0.215 bits per heavy atom. The van der Waals surface area contributed by atoms with E-state index in [2.05, 4.69) is 341 Å². The van der Waals surface area contributed by atoms with Crippen molar-refractivity contribution in [1.29, 1.82) is 0 Å². The molecule has 0 aliphatic heterocycles. The summed E-state index contributed by atoms with van der Waals surface area (Å²) in [7, 11) is -19.8. The van der Waals surface area contributed by atoms with Gasteiger partial charge in [-0.1, -0.05) is 353 Å². The maximum Gasteiger partial charge on any atom is 0.390 e. The summed E-state index contributed by atoms with van der Waals surface area (Å²) in [6.07, 6.45) is 1.95. The number of rotatable bonds is 22. The molecular formula is C70H64O4Si5. The Bertz CT molecular complexity index is 3330. The minimum atomic E-state index is -4.37. The maximum absolute atomic E-state index is 9.13. The van der Waals surface area contributed by atoms with Crippen LogP contribution in [0, 0.1) is 0 Å². The van der Waals surface area contributed by atoms with E-state index in [0.29, 0.717) is 0 Å². The van der Waals surface area contributed by atoms with Gasteiger partial charge in [0, 0.05) is 0 Å². The Morgan fingerprint density at radius 3 is 0.633 bits per heavy atom. The Morgan fingerprint density at radius 2 is 0.405 bits per heavy atom. The Balaban J connectivity index is 1.30. The molecule has 0 fully saturated rings. The molecule has 9 heteroatoms. The molecule has 0 amide bonds. The summed E-state index contributed by atoms with van der Waals surface area (Å²) >= 11 is 0. The van der Waals surface area contributed by atoms with Crippen LogP contribution in [-0.4, -0.2) is 42.3 Å². The summed E-state index contributed by atoms with van der Waals surface area (Å²) < 4.78 is 36.1. The van der Waals surface area contributed by atoms with Crippen molar-refractivity contribution in [3.63, 3.8) is 0 Å². The normalized spacial score (nSPS) is 12.2. The highest BCUT2D eigenvalue weighted by Crippen LogP contribution is 2.31. The van der Waals surface area contributed by atoms with Crippen molar-refractivity contribution in [2.75, 3.05) is 0 Å². The van der Waals surface area contributed by atoms with Gasteiger partial charge in [0.25, 0.3) is 8.32 Å². The molecule has 0 aliphatic carbocycles. The van der Waals surface area contributed by atoms with E-state index in [-0.39, 0.29) is 0 Å². The molecule has 0 saturated carbocycles. The summed E-state index contributed by atoms with van der Waals surface area (Å²) in [5.74, 6) is 0. The summed E-state index contributed by atoms with van der Waals surface area (Å²) in [6.45, 7) is 2.28. The van der Waals surface area contributed by atoms with Crippen LogP contribution in [0.5, 0.6) is 0 Å². The quantitative estimate of drug-likeness (QED) is 0.0502. The van der Waals surface area contributed by atoms with Gasteiger partial charge in [-0.15, -0.1) is 0 Å². The van der Waals surface area contributed by atoms with Crippen LogP contribution in [0.2, 0.25) is 6.04 Å². The topological polar surface area (TPSA) is 36.9 Å². The zero-order valence-corrected chi connectivity index (χ0v) is 49.5. The van der Waals surface area contributed by atoms with Crippen molar-refractivity contribution in [2.24, 2.45) is 0 Å². The number of hydrogen-bond donors (Lipinski definition) is 0. The smallest absolute Gasteiger partial charge is 0.390 e. The third kappa shape index (κ3) is 10.7. The van der Waals surface area contributed by atoms with Gasteiger partial charge in [0.05, 0.1) is 0 Å². The third-order valence-electron chi connectivity index (χ3n) is 15.0. The Kier molecular flexibility index (Phi) is 16.6. The minimum absolute atomic E-state index is 0.830. The van der Waals surface area contributed by atoms with E-state index in [0.717, 1.165) is 65.6 Å². The van der Waals surface area contributed by atoms with E-state index in [4.69, 9.17) is 16.5 Å². The lowest BCUT2D eigenvalue weighted by atomic mass is 10.3. The molecule has 388 valence electrons. The maximum atomic E-state index is 9.13. The number of benzene rings is 11. The SMILES string of the molecule is CCCC[Si](O[Si](O[Si](O[Si](O[Si](c1ccccc1)(c1ccccc1)c1ccccc1)(c1ccccc1)c1ccccc1)(c1ccccc1)c1ccccc1)(c1ccccc1)c1ccccc1)(c1ccccc1)c1ccccc1. The second-order valence-corrected chi connectivity index (χ2v) is 36.7. The van der Waals surface area contributed by atoms with E-state index in [1.165, 1.54) is 10.4 Å². The number of unbranched alkanes of at least 4 members (excludes halogenated alkanes) is 1. The molecule has 11 rings (SSSR count). The van der Waals surface area contributed by atoms with Crippen molar-refractivity contribution in [1.82, 2.24) is 0 Å². The van der Waals surface area contributed by atoms with Crippen LogP contribution < -0.4 is 57.1 Å². The fourth-order valence-electron chi connectivity index (χ4n) is 11.2. The molecule has 0 bridgehead atoms. The molecule has 0 atom stereocenters. The molecular weight excluding hydrogens is 1050 g/mol. The lowest BCUT2D eigenvalue weighted by Crippen LogP contribution is -2.85. The van der Waals surface area contributed by atoms with Crippen LogP contribution in [0.15, 0.2) is 334 Å². The monoisotopic (exact) mass is 1110 g/mol. The summed E-state index contributed by atoms with van der Waals surface area (Å²) in [4.78, 5) is 0. The molecule has 0 aliphatic rings. The molecule has 0 radical (unpaired) electrons. The van der Waals surface area contributed by atoms with Gasteiger partial charge < -0.3 is 16.5 Å². The Labute approximate surface area is 472 Å². The first-order chi connectivity index (χ1) is 39.0. The van der Waals surface area contributed by atoms with Crippen LogP contribution in [0.3, 0.4) is 0 Å². The zero-order chi connectivity index (χ0) is 53.7. The van der Waals surface area contributed by atoms with Crippen LogP contribution >= 0.6 is 0 Å². The van der Waals surface area contributed by atoms with Gasteiger partial charge in [0.2, 0.25) is 8.32 Å². The van der Waals surface area contributed by atoms with Crippen LogP contribution in [0.25, 0.3) is 0 Å². The molecule has 0 saturated heterocycles.